The van der Waals surface area contributed by atoms with Crippen molar-refractivity contribution in [2.75, 3.05) is 33.4 Å². The van der Waals surface area contributed by atoms with Gasteiger partial charge in [0.05, 0.1) is 26.3 Å². The first-order valence-corrected chi connectivity index (χ1v) is 4.07. The quantitative estimate of drug-likeness (QED) is 0.322. The molecule has 0 aliphatic rings. The van der Waals surface area contributed by atoms with Gasteiger partial charge in [0.2, 0.25) is 5.91 Å². The lowest BCUT2D eigenvalue weighted by Crippen LogP contribution is -2.39. The average molecular weight is 205 g/mol. The predicted molar refractivity (Wildman–Crippen MR) is 48.0 cm³/mol. The SMILES string of the molecule is COCCONC(=O)CNC(=O)CN. The van der Waals surface area contributed by atoms with E-state index in [9.17, 15) is 9.59 Å². The first kappa shape index (κ1) is 12.8. The number of carbonyl (C=O) groups is 2. The van der Waals surface area contributed by atoms with E-state index < -0.39 is 11.8 Å². The van der Waals surface area contributed by atoms with Gasteiger partial charge in [0.25, 0.3) is 5.91 Å². The molecule has 0 fully saturated rings. The van der Waals surface area contributed by atoms with Crippen molar-refractivity contribution in [3.05, 3.63) is 0 Å². The van der Waals surface area contributed by atoms with Crippen molar-refractivity contribution in [2.45, 2.75) is 0 Å². The molecule has 0 aromatic heterocycles. The highest BCUT2D eigenvalue weighted by Crippen LogP contribution is 1.71. The Morgan fingerprint density at radius 1 is 1.29 bits per heavy atom. The minimum atomic E-state index is -0.442. The standard InChI is InChI=1S/C7H15N3O4/c1-13-2-3-14-10-7(12)5-9-6(11)4-8/h2-5,8H2,1H3,(H,9,11)(H,10,12). The number of nitrogens with one attached hydrogen (secondary N) is 2. The van der Waals surface area contributed by atoms with Crippen molar-refractivity contribution in [3.63, 3.8) is 0 Å². The van der Waals surface area contributed by atoms with Crippen LogP contribution in [0.25, 0.3) is 0 Å². The van der Waals surface area contributed by atoms with Gasteiger partial charge < -0.3 is 15.8 Å². The maximum atomic E-state index is 10.9. The highest BCUT2D eigenvalue weighted by Gasteiger charge is 2.02. The molecule has 0 radical (unpaired) electrons. The molecule has 0 aliphatic heterocycles. The number of carbonyl (C=O) groups excluding carboxylic acids is 2. The Hall–Kier alpha value is -1.18. The molecule has 14 heavy (non-hydrogen) atoms. The molecule has 0 unspecified atom stereocenters. The van der Waals surface area contributed by atoms with Crippen LogP contribution < -0.4 is 16.5 Å². The number of hydrogen-bond acceptors (Lipinski definition) is 5. The summed E-state index contributed by atoms with van der Waals surface area (Å²) in [6.07, 6.45) is 0. The molecule has 0 atom stereocenters. The van der Waals surface area contributed by atoms with E-state index in [0.29, 0.717) is 6.61 Å². The van der Waals surface area contributed by atoms with E-state index in [1.807, 2.05) is 0 Å². The Morgan fingerprint density at radius 3 is 2.57 bits per heavy atom. The Bertz CT molecular complexity index is 186. The van der Waals surface area contributed by atoms with Gasteiger partial charge in [-0.15, -0.1) is 0 Å². The first-order chi connectivity index (χ1) is 6.70. The minimum Gasteiger partial charge on any atom is -0.382 e. The van der Waals surface area contributed by atoms with Crippen molar-refractivity contribution in [2.24, 2.45) is 5.73 Å². The second kappa shape index (κ2) is 8.42. The van der Waals surface area contributed by atoms with Crippen molar-refractivity contribution in [3.8, 4) is 0 Å². The Balaban J connectivity index is 3.32. The summed E-state index contributed by atoms with van der Waals surface area (Å²) in [7, 11) is 1.52. The van der Waals surface area contributed by atoms with Gasteiger partial charge in [-0.3, -0.25) is 14.4 Å². The molecule has 7 heteroatoms. The first-order valence-electron chi connectivity index (χ1n) is 4.07. The molecular formula is C7H15N3O4. The summed E-state index contributed by atoms with van der Waals surface area (Å²) in [5, 5.41) is 2.29. The number of amides is 2. The van der Waals surface area contributed by atoms with Crippen LogP contribution in [0.4, 0.5) is 0 Å². The molecule has 2 amide bonds. The lowest BCUT2D eigenvalue weighted by Gasteiger charge is -2.05. The van der Waals surface area contributed by atoms with E-state index in [-0.39, 0.29) is 19.7 Å². The normalized spacial score (nSPS) is 9.57. The van der Waals surface area contributed by atoms with Gasteiger partial charge in [0.1, 0.15) is 0 Å². The molecule has 0 bridgehead atoms. The summed E-state index contributed by atoms with van der Waals surface area (Å²) in [6.45, 7) is 0.351. The third-order valence-electron chi connectivity index (χ3n) is 1.21. The largest absolute Gasteiger partial charge is 0.382 e. The van der Waals surface area contributed by atoms with Gasteiger partial charge in [-0.1, -0.05) is 0 Å². The van der Waals surface area contributed by atoms with Crippen molar-refractivity contribution in [1.82, 2.24) is 10.8 Å². The second-order valence-corrected chi connectivity index (χ2v) is 2.35. The fraction of sp³-hybridized carbons (Fsp3) is 0.714. The topological polar surface area (TPSA) is 103 Å². The molecule has 0 rings (SSSR count). The Kier molecular flexibility index (Phi) is 7.71. The van der Waals surface area contributed by atoms with Crippen LogP contribution in [0.5, 0.6) is 0 Å². The molecule has 0 aromatic rings. The van der Waals surface area contributed by atoms with E-state index >= 15 is 0 Å². The molecule has 0 saturated carbocycles. The van der Waals surface area contributed by atoms with Crippen LogP contribution in [-0.4, -0.2) is 45.2 Å². The van der Waals surface area contributed by atoms with Crippen LogP contribution in [0.1, 0.15) is 0 Å². The Labute approximate surface area is 81.9 Å². The molecule has 0 aromatic carbocycles. The van der Waals surface area contributed by atoms with E-state index in [1.54, 1.807) is 0 Å². The maximum Gasteiger partial charge on any atom is 0.262 e. The molecular weight excluding hydrogens is 190 g/mol. The van der Waals surface area contributed by atoms with Gasteiger partial charge >= 0.3 is 0 Å². The molecule has 82 valence electrons. The monoisotopic (exact) mass is 205 g/mol. The van der Waals surface area contributed by atoms with Crippen LogP contribution >= 0.6 is 0 Å². The molecule has 0 spiro atoms. The maximum absolute atomic E-state index is 10.9. The third-order valence-corrected chi connectivity index (χ3v) is 1.21. The molecule has 7 nitrogen and oxygen atoms in total. The summed E-state index contributed by atoms with van der Waals surface area (Å²) in [5.74, 6) is -0.833. The highest BCUT2D eigenvalue weighted by atomic mass is 16.7. The van der Waals surface area contributed by atoms with Crippen molar-refractivity contribution >= 4 is 11.8 Å². The molecule has 0 heterocycles. The zero-order valence-corrected chi connectivity index (χ0v) is 8.04. The van der Waals surface area contributed by atoms with Crippen LogP contribution in [0.15, 0.2) is 0 Å². The van der Waals surface area contributed by atoms with E-state index in [4.69, 9.17) is 10.6 Å². The number of methoxy groups -OCH3 is 1. The highest BCUT2D eigenvalue weighted by molar-refractivity contribution is 5.84. The van der Waals surface area contributed by atoms with Crippen LogP contribution in [0.2, 0.25) is 0 Å². The predicted octanol–water partition coefficient (Wildman–Crippen LogP) is -2.24. The van der Waals surface area contributed by atoms with Crippen molar-refractivity contribution < 1.29 is 19.2 Å². The zero-order chi connectivity index (χ0) is 10.8. The van der Waals surface area contributed by atoms with E-state index in [0.717, 1.165) is 0 Å². The molecule has 0 aliphatic carbocycles. The summed E-state index contributed by atoms with van der Waals surface area (Å²) >= 11 is 0. The van der Waals surface area contributed by atoms with Gasteiger partial charge in [-0.2, -0.15) is 0 Å². The van der Waals surface area contributed by atoms with Crippen LogP contribution in [0.3, 0.4) is 0 Å². The second-order valence-electron chi connectivity index (χ2n) is 2.35. The number of ether oxygens (including phenoxy) is 1. The fourth-order valence-electron chi connectivity index (χ4n) is 0.544. The lowest BCUT2D eigenvalue weighted by molar-refractivity contribution is -0.135. The third kappa shape index (κ3) is 7.47. The van der Waals surface area contributed by atoms with Gasteiger partial charge in [-0.25, -0.2) is 5.48 Å². The summed E-state index contributed by atoms with van der Waals surface area (Å²) in [5.41, 5.74) is 7.13. The minimum absolute atomic E-state index is 0.141. The number of rotatable bonds is 7. The van der Waals surface area contributed by atoms with Crippen LogP contribution in [0, 0.1) is 0 Å². The van der Waals surface area contributed by atoms with Gasteiger partial charge in [0, 0.05) is 7.11 Å². The smallest absolute Gasteiger partial charge is 0.262 e. The van der Waals surface area contributed by atoms with Crippen LogP contribution in [-0.2, 0) is 19.2 Å². The van der Waals surface area contributed by atoms with Crippen molar-refractivity contribution in [1.29, 1.82) is 0 Å². The fourth-order valence-corrected chi connectivity index (χ4v) is 0.544. The number of hydrogen-bond donors (Lipinski definition) is 3. The van der Waals surface area contributed by atoms with Gasteiger partial charge in [-0.05, 0) is 0 Å². The summed E-state index contributed by atoms with van der Waals surface area (Å²) in [4.78, 5) is 26.2. The lowest BCUT2D eigenvalue weighted by atomic mass is 10.5. The van der Waals surface area contributed by atoms with E-state index in [2.05, 4.69) is 15.5 Å². The zero-order valence-electron chi connectivity index (χ0n) is 8.04. The molecule has 0 saturated heterocycles. The van der Waals surface area contributed by atoms with Gasteiger partial charge in [0.15, 0.2) is 0 Å². The Morgan fingerprint density at radius 2 is 2.00 bits per heavy atom. The average Bonchev–Trinajstić information content (AvgIpc) is 2.21. The van der Waals surface area contributed by atoms with E-state index in [1.165, 1.54) is 7.11 Å². The number of hydroxylamine groups is 1. The molecule has 4 N–H and O–H groups in total. The summed E-state index contributed by atoms with van der Waals surface area (Å²) in [6, 6.07) is 0. The number of nitrogens with two attached hydrogens (primary N) is 1. The summed E-state index contributed by atoms with van der Waals surface area (Å²) < 4.78 is 4.68.